The Hall–Kier alpha value is -2.21. The Balaban J connectivity index is 2.23. The summed E-state index contributed by atoms with van der Waals surface area (Å²) in [5, 5.41) is 9.92. The molecule has 0 amide bonds. The van der Waals surface area contributed by atoms with Gasteiger partial charge in [0.05, 0.1) is 19.0 Å². The molecular weight excluding hydrogens is 241 g/mol. The number of esters is 1. The first-order valence-corrected chi connectivity index (χ1v) is 5.09. The van der Waals surface area contributed by atoms with Crippen LogP contribution in [0.1, 0.15) is 28.1 Å². The Labute approximate surface area is 102 Å². The molecule has 2 aromatic heterocycles. The summed E-state index contributed by atoms with van der Waals surface area (Å²) in [6.45, 7) is 0. The molecule has 0 fully saturated rings. The monoisotopic (exact) mass is 251 g/mol. The second-order valence-corrected chi connectivity index (χ2v) is 3.50. The third kappa shape index (κ3) is 2.38. The van der Waals surface area contributed by atoms with E-state index in [2.05, 4.69) is 9.72 Å². The number of carbonyl (C=O) groups excluding carboxylic acids is 1. The van der Waals surface area contributed by atoms with Crippen LogP contribution in [0.5, 0.6) is 0 Å². The number of nitrogens with zero attached hydrogens (tertiary/aromatic N) is 1. The molecule has 0 saturated heterocycles. The number of hydrogen-bond donors (Lipinski definition) is 1. The van der Waals surface area contributed by atoms with Gasteiger partial charge < -0.3 is 14.3 Å². The molecule has 0 aliphatic rings. The number of hydrogen-bond acceptors (Lipinski definition) is 5. The number of methoxy groups -OCH3 is 1. The average molecular weight is 251 g/mol. The van der Waals surface area contributed by atoms with E-state index in [4.69, 9.17) is 4.42 Å². The maximum Gasteiger partial charge on any atom is 0.373 e. The number of aliphatic hydroxyl groups excluding tert-OH is 1. The van der Waals surface area contributed by atoms with E-state index in [9.17, 15) is 14.3 Å². The molecule has 2 aromatic rings. The second-order valence-electron chi connectivity index (χ2n) is 3.50. The number of rotatable bonds is 3. The fourth-order valence-corrected chi connectivity index (χ4v) is 1.40. The first kappa shape index (κ1) is 12.3. The molecule has 0 aliphatic heterocycles. The molecule has 6 heteroatoms. The lowest BCUT2D eigenvalue weighted by molar-refractivity contribution is 0.0557. The molecule has 0 aromatic carbocycles. The van der Waals surface area contributed by atoms with Gasteiger partial charge in [-0.25, -0.2) is 9.18 Å². The first-order chi connectivity index (χ1) is 8.61. The number of aromatic nitrogens is 1. The predicted octanol–water partition coefficient (Wildman–Crippen LogP) is 1.68. The van der Waals surface area contributed by atoms with Crippen LogP contribution in [0.2, 0.25) is 0 Å². The van der Waals surface area contributed by atoms with E-state index in [0.717, 1.165) is 6.20 Å². The van der Waals surface area contributed by atoms with Crippen LogP contribution in [0.25, 0.3) is 0 Å². The van der Waals surface area contributed by atoms with Crippen molar-refractivity contribution in [2.75, 3.05) is 7.11 Å². The van der Waals surface area contributed by atoms with Gasteiger partial charge in [0.15, 0.2) is 6.10 Å². The van der Waals surface area contributed by atoms with Crippen molar-refractivity contribution in [3.63, 3.8) is 0 Å². The first-order valence-electron chi connectivity index (χ1n) is 5.09. The number of pyridine rings is 1. The van der Waals surface area contributed by atoms with Gasteiger partial charge in [0, 0.05) is 0 Å². The van der Waals surface area contributed by atoms with Crippen LogP contribution in [0.3, 0.4) is 0 Å². The van der Waals surface area contributed by atoms with Crippen LogP contribution in [-0.4, -0.2) is 23.2 Å². The summed E-state index contributed by atoms with van der Waals surface area (Å²) in [7, 11) is 1.22. The minimum atomic E-state index is -1.16. The summed E-state index contributed by atoms with van der Waals surface area (Å²) in [5.41, 5.74) is 0.224. The molecule has 18 heavy (non-hydrogen) atoms. The van der Waals surface area contributed by atoms with Crippen molar-refractivity contribution in [1.29, 1.82) is 0 Å². The van der Waals surface area contributed by atoms with Gasteiger partial charge in [-0.3, -0.25) is 4.98 Å². The zero-order valence-electron chi connectivity index (χ0n) is 9.46. The summed E-state index contributed by atoms with van der Waals surface area (Å²) in [6, 6.07) is 5.33. The van der Waals surface area contributed by atoms with Crippen LogP contribution in [-0.2, 0) is 4.74 Å². The molecule has 0 radical (unpaired) electrons. The zero-order chi connectivity index (χ0) is 13.1. The van der Waals surface area contributed by atoms with Gasteiger partial charge in [-0.15, -0.1) is 0 Å². The molecule has 5 nitrogen and oxygen atoms in total. The van der Waals surface area contributed by atoms with Crippen molar-refractivity contribution in [3.05, 3.63) is 53.5 Å². The Morgan fingerprint density at radius 3 is 2.83 bits per heavy atom. The lowest BCUT2D eigenvalue weighted by Crippen LogP contribution is -2.02. The molecule has 0 aliphatic carbocycles. The topological polar surface area (TPSA) is 72.6 Å². The van der Waals surface area contributed by atoms with E-state index in [1.54, 1.807) is 0 Å². The van der Waals surface area contributed by atoms with Crippen molar-refractivity contribution in [2.24, 2.45) is 0 Å². The molecule has 0 spiro atoms. The quantitative estimate of drug-likeness (QED) is 0.840. The normalized spacial score (nSPS) is 12.2. The summed E-state index contributed by atoms with van der Waals surface area (Å²) in [6.07, 6.45) is -0.174. The largest absolute Gasteiger partial charge is 0.463 e. The predicted molar refractivity (Wildman–Crippen MR) is 58.3 cm³/mol. The molecule has 0 saturated carbocycles. The summed E-state index contributed by atoms with van der Waals surface area (Å²) in [5.74, 6) is -1.02. The zero-order valence-corrected chi connectivity index (χ0v) is 9.46. The van der Waals surface area contributed by atoms with Gasteiger partial charge in [-0.1, -0.05) is 0 Å². The van der Waals surface area contributed by atoms with E-state index < -0.39 is 17.9 Å². The van der Waals surface area contributed by atoms with E-state index in [-0.39, 0.29) is 17.2 Å². The van der Waals surface area contributed by atoms with Gasteiger partial charge in [0.25, 0.3) is 0 Å². The SMILES string of the molecule is COC(=O)c1ccc(C(O)c2ccc(F)cn2)o1. The smallest absolute Gasteiger partial charge is 0.373 e. The standard InChI is InChI=1S/C12H10FNO4/c1-17-12(16)10-5-4-9(18-10)11(15)8-3-2-7(13)6-14-8/h2-6,11,15H,1H3. The Kier molecular flexibility index (Phi) is 3.38. The van der Waals surface area contributed by atoms with E-state index >= 15 is 0 Å². The summed E-state index contributed by atoms with van der Waals surface area (Å²) < 4.78 is 22.3. The number of furan rings is 1. The van der Waals surface area contributed by atoms with E-state index in [1.807, 2.05) is 0 Å². The fourth-order valence-electron chi connectivity index (χ4n) is 1.40. The fraction of sp³-hybridized carbons (Fsp3) is 0.167. The van der Waals surface area contributed by atoms with Crippen LogP contribution >= 0.6 is 0 Å². The molecule has 1 atom stereocenters. The number of aliphatic hydroxyl groups is 1. The Morgan fingerprint density at radius 1 is 1.44 bits per heavy atom. The highest BCUT2D eigenvalue weighted by molar-refractivity contribution is 5.86. The molecule has 2 rings (SSSR count). The minimum absolute atomic E-state index is 0.0198. The van der Waals surface area contributed by atoms with Crippen LogP contribution in [0.4, 0.5) is 4.39 Å². The maximum absolute atomic E-state index is 12.7. The molecular formula is C12H10FNO4. The lowest BCUT2D eigenvalue weighted by Gasteiger charge is -2.06. The second kappa shape index (κ2) is 4.97. The Bertz CT molecular complexity index is 549. The third-order valence-electron chi connectivity index (χ3n) is 2.31. The molecule has 1 unspecified atom stereocenters. The molecule has 2 heterocycles. The van der Waals surface area contributed by atoms with Crippen LogP contribution in [0, 0.1) is 5.82 Å². The van der Waals surface area contributed by atoms with Gasteiger partial charge in [0.1, 0.15) is 11.6 Å². The van der Waals surface area contributed by atoms with Crippen molar-refractivity contribution >= 4 is 5.97 Å². The van der Waals surface area contributed by atoms with Gasteiger partial charge in [-0.05, 0) is 24.3 Å². The van der Waals surface area contributed by atoms with E-state index in [0.29, 0.717) is 0 Å². The summed E-state index contributed by atoms with van der Waals surface area (Å²) >= 11 is 0. The Morgan fingerprint density at radius 2 is 2.22 bits per heavy atom. The minimum Gasteiger partial charge on any atom is -0.463 e. The molecule has 0 bridgehead atoms. The van der Waals surface area contributed by atoms with Gasteiger partial charge in [0.2, 0.25) is 5.76 Å². The van der Waals surface area contributed by atoms with Crippen molar-refractivity contribution < 1.29 is 23.4 Å². The highest BCUT2D eigenvalue weighted by Gasteiger charge is 2.19. The molecule has 1 N–H and O–H groups in total. The van der Waals surface area contributed by atoms with Crippen LogP contribution in [0.15, 0.2) is 34.9 Å². The number of carbonyl (C=O) groups is 1. The number of ether oxygens (including phenoxy) is 1. The lowest BCUT2D eigenvalue weighted by atomic mass is 10.2. The van der Waals surface area contributed by atoms with Crippen molar-refractivity contribution in [3.8, 4) is 0 Å². The van der Waals surface area contributed by atoms with Crippen molar-refractivity contribution in [2.45, 2.75) is 6.10 Å². The maximum atomic E-state index is 12.7. The van der Waals surface area contributed by atoms with Gasteiger partial charge in [-0.2, -0.15) is 0 Å². The highest BCUT2D eigenvalue weighted by atomic mass is 19.1. The highest BCUT2D eigenvalue weighted by Crippen LogP contribution is 2.22. The third-order valence-corrected chi connectivity index (χ3v) is 2.31. The van der Waals surface area contributed by atoms with Crippen molar-refractivity contribution in [1.82, 2.24) is 4.98 Å². The van der Waals surface area contributed by atoms with Gasteiger partial charge >= 0.3 is 5.97 Å². The molecule has 94 valence electrons. The van der Waals surface area contributed by atoms with Crippen LogP contribution < -0.4 is 0 Å². The van der Waals surface area contributed by atoms with E-state index in [1.165, 1.54) is 31.4 Å². The number of halogens is 1. The average Bonchev–Trinajstić information content (AvgIpc) is 2.87. The summed E-state index contributed by atoms with van der Waals surface area (Å²) in [4.78, 5) is 14.9.